The minimum atomic E-state index is -4.55. The number of unbranched alkanes of at least 4 members (excludes halogenated alkanes) is 15. The number of hydrogen-bond donors (Lipinski definition) is 3. The molecule has 0 aromatic carbocycles. The van der Waals surface area contributed by atoms with E-state index in [0.29, 0.717) is 10.9 Å². The third-order valence-corrected chi connectivity index (χ3v) is 7.97. The van der Waals surface area contributed by atoms with Gasteiger partial charge in [0, 0.05) is 0 Å². The van der Waals surface area contributed by atoms with E-state index in [1.54, 1.807) is 0 Å². The second kappa shape index (κ2) is 20.6. The van der Waals surface area contributed by atoms with E-state index < -0.39 is 12.9 Å². The molecule has 6 heteroatoms. The van der Waals surface area contributed by atoms with E-state index in [0.717, 1.165) is 38.5 Å². The Bertz CT molecular complexity index is 594. The first-order chi connectivity index (χ1) is 16.5. The van der Waals surface area contributed by atoms with Gasteiger partial charge in [0.25, 0.3) is 0 Å². The highest BCUT2D eigenvalue weighted by atomic mass is 31.2. The van der Waals surface area contributed by atoms with Crippen molar-refractivity contribution in [3.8, 4) is 0 Å². The van der Waals surface area contributed by atoms with Gasteiger partial charge in [-0.3, -0.25) is 4.57 Å². The van der Waals surface area contributed by atoms with Gasteiger partial charge in [-0.15, -0.1) is 0 Å². The van der Waals surface area contributed by atoms with Crippen molar-refractivity contribution in [1.29, 1.82) is 0 Å². The summed E-state index contributed by atoms with van der Waals surface area (Å²) in [6, 6.07) is 0. The fourth-order valence-corrected chi connectivity index (χ4v) is 5.57. The Hall–Kier alpha value is -0.450. The highest BCUT2D eigenvalue weighted by molar-refractivity contribution is 7.53. The molecule has 35 heavy (non-hydrogen) atoms. The molecule has 1 atom stereocenters. The number of aliphatic hydroxyl groups is 1. The van der Waals surface area contributed by atoms with Crippen LogP contribution in [0.4, 0.5) is 0 Å². The Kier molecular flexibility index (Phi) is 20.3. The maximum absolute atomic E-state index is 11.8. The second-order valence-corrected chi connectivity index (χ2v) is 13.3. The van der Waals surface area contributed by atoms with Crippen LogP contribution in [0.25, 0.3) is 0 Å². The van der Waals surface area contributed by atoms with Gasteiger partial charge in [0.15, 0.2) is 0 Å². The van der Waals surface area contributed by atoms with Crippen LogP contribution in [0.2, 0.25) is 0 Å². The first-order valence-electron chi connectivity index (χ1n) is 14.4. The van der Waals surface area contributed by atoms with E-state index in [1.165, 1.54) is 70.6 Å². The molecule has 0 saturated heterocycles. The van der Waals surface area contributed by atoms with Crippen LogP contribution in [-0.4, -0.2) is 52.4 Å². The van der Waals surface area contributed by atoms with Crippen molar-refractivity contribution in [3.63, 3.8) is 0 Å². The summed E-state index contributed by atoms with van der Waals surface area (Å²) < 4.78 is 12.1. The monoisotopic (exact) mass is 516 g/mol. The zero-order valence-corrected chi connectivity index (χ0v) is 24.5. The van der Waals surface area contributed by atoms with E-state index >= 15 is 0 Å². The predicted molar refractivity (Wildman–Crippen MR) is 152 cm³/mol. The van der Waals surface area contributed by atoms with Crippen LogP contribution in [0.3, 0.4) is 0 Å². The molecule has 0 bridgehead atoms. The molecule has 208 valence electrons. The lowest BCUT2D eigenvalue weighted by Gasteiger charge is -2.35. The second-order valence-electron chi connectivity index (χ2n) is 11.4. The number of nitrogens with zero attached hydrogens (tertiary/aromatic N) is 1. The molecule has 0 saturated carbocycles. The molecule has 0 aliphatic rings. The van der Waals surface area contributed by atoms with Crippen LogP contribution in [0.5, 0.6) is 0 Å². The van der Waals surface area contributed by atoms with Gasteiger partial charge in [-0.25, -0.2) is 0 Å². The predicted octanol–water partition coefficient (Wildman–Crippen LogP) is 8.10. The molecule has 0 aromatic heterocycles. The first kappa shape index (κ1) is 34.6. The Morgan fingerprint density at radius 2 is 1.00 bits per heavy atom. The zero-order valence-electron chi connectivity index (χ0n) is 23.6. The smallest absolute Gasteiger partial charge is 0.362 e. The molecular weight excluding hydrogens is 457 g/mol. The summed E-state index contributed by atoms with van der Waals surface area (Å²) in [4.78, 5) is 19.2. The molecule has 0 aromatic rings. The molecule has 5 nitrogen and oxygen atoms in total. The fraction of sp³-hybridized carbons (Fsp3) is 0.862. The van der Waals surface area contributed by atoms with Crippen LogP contribution in [-0.2, 0) is 4.57 Å². The topological polar surface area (TPSA) is 77.8 Å². The van der Waals surface area contributed by atoms with Gasteiger partial charge in [0.2, 0.25) is 5.34 Å². The quantitative estimate of drug-likeness (QED) is 0.0524. The summed E-state index contributed by atoms with van der Waals surface area (Å²) in [7, 11) is 0.960. The maximum Gasteiger partial charge on any atom is 0.362 e. The van der Waals surface area contributed by atoms with Crippen molar-refractivity contribution in [2.45, 2.75) is 134 Å². The molecule has 1 unspecified atom stereocenters. The minimum Gasteiger partial charge on any atom is -0.373 e. The highest BCUT2D eigenvalue weighted by Gasteiger charge is 2.48. The fourth-order valence-electron chi connectivity index (χ4n) is 4.51. The molecular formula is C29H59NO4P+. The van der Waals surface area contributed by atoms with Crippen molar-refractivity contribution in [3.05, 3.63) is 24.3 Å². The molecule has 0 heterocycles. The average molecular weight is 517 g/mol. The van der Waals surface area contributed by atoms with Crippen molar-refractivity contribution in [1.82, 2.24) is 0 Å². The molecule has 0 radical (unpaired) electrons. The summed E-state index contributed by atoms with van der Waals surface area (Å²) in [6.45, 7) is 2.33. The van der Waals surface area contributed by atoms with Gasteiger partial charge < -0.3 is 19.4 Å². The summed E-state index contributed by atoms with van der Waals surface area (Å²) in [6.07, 6.45) is 31.3. The normalized spacial score (nSPS) is 14.8. The summed E-state index contributed by atoms with van der Waals surface area (Å²) in [5.41, 5.74) is 0. The van der Waals surface area contributed by atoms with Gasteiger partial charge in [0.05, 0.1) is 21.1 Å². The Morgan fingerprint density at radius 3 is 1.40 bits per heavy atom. The van der Waals surface area contributed by atoms with Crippen molar-refractivity contribution >= 4 is 7.60 Å². The van der Waals surface area contributed by atoms with Gasteiger partial charge >= 0.3 is 7.60 Å². The molecule has 0 amide bonds. The minimum absolute atomic E-state index is 0.0542. The standard InChI is InChI=1S/C29H58NO4P/c1-5-6-7-8-9-10-11-12-13-14-15-16-17-18-19-20-21-22-23-24-25-26-27-29(31,35(32,33)34)28-30(2,3)4/h14-15,18-19,31H,5-13,16-17,20-28H2,1-4H3,(H-,32,33,34)/p+1/b15-14-,19-18-. The summed E-state index contributed by atoms with van der Waals surface area (Å²) in [5, 5.41) is 8.64. The van der Waals surface area contributed by atoms with Crippen LogP contribution in [0.15, 0.2) is 24.3 Å². The third-order valence-electron chi connectivity index (χ3n) is 6.53. The van der Waals surface area contributed by atoms with Crippen LogP contribution in [0, 0.1) is 0 Å². The summed E-state index contributed by atoms with van der Waals surface area (Å²) >= 11 is 0. The van der Waals surface area contributed by atoms with E-state index in [2.05, 4.69) is 31.2 Å². The van der Waals surface area contributed by atoms with Crippen LogP contribution < -0.4 is 0 Å². The largest absolute Gasteiger partial charge is 0.373 e. The molecule has 0 aliphatic carbocycles. The number of allylic oxidation sites excluding steroid dienone is 4. The first-order valence-corrected chi connectivity index (χ1v) is 16.0. The van der Waals surface area contributed by atoms with Crippen LogP contribution in [0.1, 0.15) is 129 Å². The maximum atomic E-state index is 11.8. The zero-order chi connectivity index (χ0) is 26.5. The lowest BCUT2D eigenvalue weighted by molar-refractivity contribution is -0.875. The number of likely N-dealkylation sites (N-methyl/N-ethyl adjacent to an activating group) is 1. The van der Waals surface area contributed by atoms with E-state index in [4.69, 9.17) is 0 Å². The van der Waals surface area contributed by atoms with Crippen LogP contribution >= 0.6 is 7.60 Å². The SMILES string of the molecule is CCCCCCCCCC/C=C\CC/C=C\CCCCCCCCC(O)(C[N+](C)(C)C)P(=O)(O)O. The number of rotatable bonds is 24. The number of quaternary nitrogens is 1. The lowest BCUT2D eigenvalue weighted by atomic mass is 10.1. The molecule has 0 spiro atoms. The molecule has 3 N–H and O–H groups in total. The molecule has 0 aliphatic heterocycles. The Balaban J connectivity index is 3.61. The summed E-state index contributed by atoms with van der Waals surface area (Å²) in [5.74, 6) is 0. The number of hydrogen-bond acceptors (Lipinski definition) is 2. The molecule has 0 fully saturated rings. The van der Waals surface area contributed by atoms with E-state index in [1.807, 2.05) is 21.1 Å². The van der Waals surface area contributed by atoms with Gasteiger partial charge in [-0.05, 0) is 51.4 Å². The van der Waals surface area contributed by atoms with Crippen molar-refractivity contribution in [2.75, 3.05) is 27.7 Å². The lowest BCUT2D eigenvalue weighted by Crippen LogP contribution is -2.49. The highest BCUT2D eigenvalue weighted by Crippen LogP contribution is 2.52. The van der Waals surface area contributed by atoms with Gasteiger partial charge in [0.1, 0.15) is 6.54 Å². The van der Waals surface area contributed by atoms with E-state index in [-0.39, 0.29) is 13.0 Å². The third kappa shape index (κ3) is 21.4. The molecule has 0 rings (SSSR count). The Labute approximate surface area is 217 Å². The Morgan fingerprint density at radius 1 is 0.629 bits per heavy atom. The van der Waals surface area contributed by atoms with Gasteiger partial charge in [-0.2, -0.15) is 0 Å². The van der Waals surface area contributed by atoms with Crippen molar-refractivity contribution in [2.24, 2.45) is 0 Å². The van der Waals surface area contributed by atoms with Gasteiger partial charge in [-0.1, -0.05) is 102 Å². The average Bonchev–Trinajstić information content (AvgIpc) is 2.75. The van der Waals surface area contributed by atoms with E-state index in [9.17, 15) is 19.5 Å². The van der Waals surface area contributed by atoms with Crippen molar-refractivity contribution < 1.29 is 23.9 Å².